The molecule has 1 aromatic heterocycles. The predicted octanol–water partition coefficient (Wildman–Crippen LogP) is 3.87. The number of thiophene rings is 1. The first-order chi connectivity index (χ1) is 9.66. The summed E-state index contributed by atoms with van der Waals surface area (Å²) in [5.74, 6) is 2.16. The normalized spacial score (nSPS) is 19.1. The van der Waals surface area contributed by atoms with Crippen molar-refractivity contribution in [2.45, 2.75) is 18.9 Å². The van der Waals surface area contributed by atoms with Gasteiger partial charge in [-0.1, -0.05) is 22.0 Å². The molecule has 3 rings (SSSR count). The van der Waals surface area contributed by atoms with Crippen LogP contribution in [0.15, 0.2) is 22.7 Å². The number of hydrogen-bond acceptors (Lipinski definition) is 4. The van der Waals surface area contributed by atoms with Crippen molar-refractivity contribution in [3.63, 3.8) is 0 Å². The van der Waals surface area contributed by atoms with E-state index in [9.17, 15) is 4.79 Å². The summed E-state index contributed by atoms with van der Waals surface area (Å²) >= 11 is 6.86. The number of nitrogens with two attached hydrogens (primary N) is 1. The van der Waals surface area contributed by atoms with E-state index in [-0.39, 0.29) is 11.9 Å². The molecule has 0 aliphatic carbocycles. The van der Waals surface area contributed by atoms with Crippen molar-refractivity contribution < 1.29 is 4.79 Å². The number of amides is 1. The number of halogens is 1. The Morgan fingerprint density at radius 2 is 2.30 bits per heavy atom. The number of nitrogens with one attached hydrogen (secondary N) is 1. The Kier molecular flexibility index (Phi) is 4.23. The second kappa shape index (κ2) is 5.95. The molecule has 3 N–H and O–H groups in total. The minimum Gasteiger partial charge on any atom is -0.397 e. The molecule has 0 spiro atoms. The maximum atomic E-state index is 12.4. The molecule has 20 heavy (non-hydrogen) atoms. The lowest BCUT2D eigenvalue weighted by atomic mass is 10.1. The van der Waals surface area contributed by atoms with Gasteiger partial charge in [0, 0.05) is 26.4 Å². The maximum Gasteiger partial charge on any atom is 0.263 e. The van der Waals surface area contributed by atoms with E-state index in [1.165, 1.54) is 23.5 Å². The summed E-state index contributed by atoms with van der Waals surface area (Å²) in [4.78, 5) is 13.0. The molecule has 3 nitrogen and oxygen atoms in total. The van der Waals surface area contributed by atoms with Crippen LogP contribution >= 0.6 is 39.0 Å². The molecule has 1 fully saturated rings. The van der Waals surface area contributed by atoms with Gasteiger partial charge in [0.1, 0.15) is 4.88 Å². The Balaban J connectivity index is 1.87. The van der Waals surface area contributed by atoms with Gasteiger partial charge in [-0.2, -0.15) is 11.8 Å². The summed E-state index contributed by atoms with van der Waals surface area (Å²) in [5.41, 5.74) is 6.74. The van der Waals surface area contributed by atoms with Crippen LogP contribution < -0.4 is 11.1 Å². The van der Waals surface area contributed by atoms with Crippen molar-refractivity contribution in [1.82, 2.24) is 5.32 Å². The highest BCUT2D eigenvalue weighted by Gasteiger charge is 2.21. The lowest BCUT2D eigenvalue weighted by Gasteiger charge is -2.22. The molecule has 0 bridgehead atoms. The molecule has 2 aromatic rings. The van der Waals surface area contributed by atoms with Crippen LogP contribution in [0.25, 0.3) is 10.1 Å². The van der Waals surface area contributed by atoms with Gasteiger partial charge in [-0.05, 0) is 30.7 Å². The van der Waals surface area contributed by atoms with Crippen LogP contribution in [0.3, 0.4) is 0 Å². The van der Waals surface area contributed by atoms with Crippen molar-refractivity contribution in [3.05, 3.63) is 27.5 Å². The standard InChI is InChI=1S/C14H15BrN2OS2/c15-9-4-1-5-10-11(9)12(16)13(20-10)14(18)17-8-3-2-6-19-7-8/h1,4-5,8H,2-3,6-7,16H2,(H,17,18). The molecule has 1 aliphatic rings. The first-order valence-corrected chi connectivity index (χ1v) is 9.28. The SMILES string of the molecule is Nc1c(C(=O)NC2CCCSC2)sc2cccc(Br)c12. The Labute approximate surface area is 134 Å². The number of carbonyl (C=O) groups is 1. The average Bonchev–Trinajstić information content (AvgIpc) is 2.79. The predicted molar refractivity (Wildman–Crippen MR) is 91.8 cm³/mol. The molecule has 1 aromatic carbocycles. The van der Waals surface area contributed by atoms with E-state index in [0.29, 0.717) is 10.6 Å². The number of benzene rings is 1. The van der Waals surface area contributed by atoms with E-state index in [1.54, 1.807) is 0 Å². The first kappa shape index (κ1) is 14.2. The molecular weight excluding hydrogens is 356 g/mol. The zero-order valence-electron chi connectivity index (χ0n) is 10.8. The van der Waals surface area contributed by atoms with Gasteiger partial charge in [0.15, 0.2) is 0 Å². The molecule has 0 radical (unpaired) electrons. The number of carbonyl (C=O) groups excluding carboxylic acids is 1. The zero-order chi connectivity index (χ0) is 14.1. The van der Waals surface area contributed by atoms with Crippen molar-refractivity contribution in [2.75, 3.05) is 17.2 Å². The number of nitrogen functional groups attached to an aromatic ring is 1. The second-order valence-corrected chi connectivity index (χ2v) is 7.90. The van der Waals surface area contributed by atoms with Gasteiger partial charge in [-0.25, -0.2) is 0 Å². The van der Waals surface area contributed by atoms with Crippen LogP contribution in [0, 0.1) is 0 Å². The maximum absolute atomic E-state index is 12.4. The molecule has 1 atom stereocenters. The first-order valence-electron chi connectivity index (χ1n) is 6.52. The smallest absolute Gasteiger partial charge is 0.263 e. The van der Waals surface area contributed by atoms with Crippen molar-refractivity contribution >= 4 is 60.7 Å². The molecule has 1 aliphatic heterocycles. The average molecular weight is 371 g/mol. The molecular formula is C14H15BrN2OS2. The van der Waals surface area contributed by atoms with Crippen LogP contribution in [0.5, 0.6) is 0 Å². The van der Waals surface area contributed by atoms with Crippen LogP contribution in [-0.2, 0) is 0 Å². The van der Waals surface area contributed by atoms with Crippen LogP contribution in [0.2, 0.25) is 0 Å². The van der Waals surface area contributed by atoms with Gasteiger partial charge < -0.3 is 11.1 Å². The highest BCUT2D eigenvalue weighted by Crippen LogP contribution is 2.38. The minimum absolute atomic E-state index is 0.0388. The van der Waals surface area contributed by atoms with E-state index < -0.39 is 0 Å². The third-order valence-electron chi connectivity index (χ3n) is 3.40. The van der Waals surface area contributed by atoms with Crippen LogP contribution in [0.4, 0.5) is 5.69 Å². The van der Waals surface area contributed by atoms with Gasteiger partial charge in [0.2, 0.25) is 0 Å². The molecule has 1 amide bonds. The molecule has 1 unspecified atom stereocenters. The largest absolute Gasteiger partial charge is 0.397 e. The summed E-state index contributed by atoms with van der Waals surface area (Å²) in [6, 6.07) is 6.18. The van der Waals surface area contributed by atoms with E-state index in [4.69, 9.17) is 5.73 Å². The van der Waals surface area contributed by atoms with E-state index in [0.717, 1.165) is 26.7 Å². The van der Waals surface area contributed by atoms with E-state index in [2.05, 4.69) is 21.2 Å². The van der Waals surface area contributed by atoms with Crippen molar-refractivity contribution in [2.24, 2.45) is 0 Å². The van der Waals surface area contributed by atoms with E-state index >= 15 is 0 Å². The van der Waals surface area contributed by atoms with Gasteiger partial charge in [-0.3, -0.25) is 4.79 Å². The molecule has 1 saturated heterocycles. The van der Waals surface area contributed by atoms with Gasteiger partial charge in [0.25, 0.3) is 5.91 Å². The summed E-state index contributed by atoms with van der Waals surface area (Å²) in [6.07, 6.45) is 2.23. The highest BCUT2D eigenvalue weighted by molar-refractivity contribution is 9.10. The molecule has 6 heteroatoms. The third kappa shape index (κ3) is 2.69. The Morgan fingerprint density at radius 3 is 3.00 bits per heavy atom. The number of hydrogen-bond donors (Lipinski definition) is 2. The lowest BCUT2D eigenvalue weighted by Crippen LogP contribution is -2.38. The number of rotatable bonds is 2. The topological polar surface area (TPSA) is 55.1 Å². The fourth-order valence-corrected chi connectivity index (χ4v) is 5.24. The lowest BCUT2D eigenvalue weighted by molar-refractivity contribution is 0.0943. The van der Waals surface area contributed by atoms with Crippen molar-refractivity contribution in [3.8, 4) is 0 Å². The minimum atomic E-state index is -0.0388. The van der Waals surface area contributed by atoms with Crippen molar-refractivity contribution in [1.29, 1.82) is 0 Å². The quantitative estimate of drug-likeness (QED) is 0.843. The van der Waals surface area contributed by atoms with Gasteiger partial charge >= 0.3 is 0 Å². The molecule has 106 valence electrons. The van der Waals surface area contributed by atoms with Crippen LogP contribution in [0.1, 0.15) is 22.5 Å². The summed E-state index contributed by atoms with van der Waals surface area (Å²) < 4.78 is 1.98. The Bertz CT molecular complexity index is 650. The second-order valence-electron chi connectivity index (χ2n) is 4.85. The molecule has 0 saturated carbocycles. The Morgan fingerprint density at radius 1 is 1.45 bits per heavy atom. The van der Waals surface area contributed by atoms with Crippen LogP contribution in [-0.4, -0.2) is 23.5 Å². The number of anilines is 1. The van der Waals surface area contributed by atoms with Gasteiger partial charge in [0.05, 0.1) is 5.69 Å². The Hall–Kier alpha value is -0.720. The number of fused-ring (bicyclic) bond motifs is 1. The van der Waals surface area contributed by atoms with E-state index in [1.807, 2.05) is 30.0 Å². The summed E-state index contributed by atoms with van der Waals surface area (Å²) in [7, 11) is 0. The zero-order valence-corrected chi connectivity index (χ0v) is 14.0. The monoisotopic (exact) mass is 370 g/mol. The third-order valence-corrected chi connectivity index (χ3v) is 6.45. The highest BCUT2D eigenvalue weighted by atomic mass is 79.9. The fourth-order valence-electron chi connectivity index (χ4n) is 2.40. The fraction of sp³-hybridized carbons (Fsp3) is 0.357. The molecule has 2 heterocycles. The van der Waals surface area contributed by atoms with Gasteiger partial charge in [-0.15, -0.1) is 11.3 Å². The summed E-state index contributed by atoms with van der Waals surface area (Å²) in [6.45, 7) is 0. The summed E-state index contributed by atoms with van der Waals surface area (Å²) in [5, 5.41) is 4.06. The number of thioether (sulfide) groups is 1.